The molecule has 1 aromatic rings. The van der Waals surface area contributed by atoms with E-state index in [1.165, 1.54) is 11.8 Å². The van der Waals surface area contributed by atoms with E-state index >= 15 is 0 Å². The molecule has 1 unspecified atom stereocenters. The van der Waals surface area contributed by atoms with Crippen molar-refractivity contribution in [1.82, 2.24) is 9.97 Å². The summed E-state index contributed by atoms with van der Waals surface area (Å²) in [6.07, 6.45) is 3.45. The summed E-state index contributed by atoms with van der Waals surface area (Å²) in [7, 11) is 0. The highest BCUT2D eigenvalue weighted by atomic mass is 32.2. The molecule has 4 nitrogen and oxygen atoms in total. The minimum Gasteiger partial charge on any atom is -0.481 e. The van der Waals surface area contributed by atoms with Crippen molar-refractivity contribution in [3.05, 3.63) is 18.0 Å². The Morgan fingerprint density at radius 2 is 2.14 bits per heavy atom. The van der Waals surface area contributed by atoms with Crippen LogP contribution in [0.1, 0.15) is 12.5 Å². The summed E-state index contributed by atoms with van der Waals surface area (Å²) >= 11 is 1.36. The van der Waals surface area contributed by atoms with Crippen LogP contribution in [0.3, 0.4) is 0 Å². The summed E-state index contributed by atoms with van der Waals surface area (Å²) in [5, 5.41) is 9.28. The Labute approximate surface area is 86.8 Å². The monoisotopic (exact) mass is 212 g/mol. The van der Waals surface area contributed by atoms with E-state index in [1.54, 1.807) is 19.3 Å². The van der Waals surface area contributed by atoms with Gasteiger partial charge in [0, 0.05) is 18.1 Å². The molecule has 1 rings (SSSR count). The second-order valence-electron chi connectivity index (χ2n) is 3.09. The molecule has 76 valence electrons. The van der Waals surface area contributed by atoms with Crippen molar-refractivity contribution < 1.29 is 9.90 Å². The molecule has 0 radical (unpaired) electrons. The number of aromatic nitrogens is 2. The fourth-order valence-corrected chi connectivity index (χ4v) is 1.52. The zero-order valence-corrected chi connectivity index (χ0v) is 8.91. The number of thioether (sulfide) groups is 1. The summed E-state index contributed by atoms with van der Waals surface area (Å²) in [5.41, 5.74) is 1.00. The maximum absolute atomic E-state index is 10.5. The third-order valence-corrected chi connectivity index (χ3v) is 2.78. The molecule has 0 spiro atoms. The lowest BCUT2D eigenvalue weighted by Gasteiger charge is -2.03. The fraction of sp³-hybridized carbons (Fsp3) is 0.444. The average Bonchev–Trinajstić information content (AvgIpc) is 2.16. The first kappa shape index (κ1) is 11.0. The van der Waals surface area contributed by atoms with Crippen molar-refractivity contribution in [2.24, 2.45) is 5.92 Å². The second-order valence-corrected chi connectivity index (χ2v) is 4.08. The van der Waals surface area contributed by atoms with E-state index in [4.69, 9.17) is 5.11 Å². The van der Waals surface area contributed by atoms with Gasteiger partial charge >= 0.3 is 5.97 Å². The smallest absolute Gasteiger partial charge is 0.307 e. The Hall–Kier alpha value is -1.10. The van der Waals surface area contributed by atoms with E-state index in [1.807, 2.05) is 6.92 Å². The molecule has 0 amide bonds. The van der Waals surface area contributed by atoms with Crippen molar-refractivity contribution in [2.45, 2.75) is 19.0 Å². The van der Waals surface area contributed by atoms with Crippen LogP contribution < -0.4 is 0 Å². The SMILES string of the molecule is Cc1cnc(SCC(C)C(=O)O)nc1. The van der Waals surface area contributed by atoms with Crippen LogP contribution in [-0.2, 0) is 4.79 Å². The molecule has 0 aliphatic heterocycles. The Morgan fingerprint density at radius 1 is 1.57 bits per heavy atom. The van der Waals surface area contributed by atoms with E-state index in [9.17, 15) is 4.79 Å². The minimum atomic E-state index is -0.787. The zero-order chi connectivity index (χ0) is 10.6. The van der Waals surface area contributed by atoms with Crippen molar-refractivity contribution in [1.29, 1.82) is 0 Å². The molecule has 0 saturated heterocycles. The molecular formula is C9H12N2O2S. The lowest BCUT2D eigenvalue weighted by atomic mass is 10.2. The van der Waals surface area contributed by atoms with Crippen LogP contribution in [-0.4, -0.2) is 26.8 Å². The van der Waals surface area contributed by atoms with Crippen LogP contribution in [0.25, 0.3) is 0 Å². The zero-order valence-electron chi connectivity index (χ0n) is 8.10. The topological polar surface area (TPSA) is 63.1 Å². The van der Waals surface area contributed by atoms with E-state index in [0.29, 0.717) is 10.9 Å². The fourth-order valence-electron chi connectivity index (χ4n) is 0.726. The highest BCUT2D eigenvalue weighted by Gasteiger charge is 2.11. The molecule has 5 heteroatoms. The van der Waals surface area contributed by atoms with Gasteiger partial charge in [-0.25, -0.2) is 9.97 Å². The van der Waals surface area contributed by atoms with Crippen molar-refractivity contribution >= 4 is 17.7 Å². The molecule has 0 saturated carbocycles. The molecular weight excluding hydrogens is 200 g/mol. The largest absolute Gasteiger partial charge is 0.481 e. The quantitative estimate of drug-likeness (QED) is 0.606. The molecule has 0 fully saturated rings. The molecule has 1 N–H and O–H groups in total. The molecule has 0 aliphatic rings. The Balaban J connectivity index is 2.46. The van der Waals surface area contributed by atoms with Gasteiger partial charge < -0.3 is 5.11 Å². The predicted octanol–water partition coefficient (Wildman–Crippen LogP) is 1.60. The second kappa shape index (κ2) is 4.95. The van der Waals surface area contributed by atoms with Crippen LogP contribution in [0, 0.1) is 12.8 Å². The van der Waals surface area contributed by atoms with E-state index in [0.717, 1.165) is 5.56 Å². The maximum atomic E-state index is 10.5. The molecule has 1 heterocycles. The number of carbonyl (C=O) groups is 1. The van der Waals surface area contributed by atoms with Crippen LogP contribution in [0.4, 0.5) is 0 Å². The Morgan fingerprint density at radius 3 is 2.64 bits per heavy atom. The number of carboxylic acid groups (broad SMARTS) is 1. The van der Waals surface area contributed by atoms with Gasteiger partial charge in [0.1, 0.15) is 0 Å². The molecule has 0 aliphatic carbocycles. The van der Waals surface area contributed by atoms with Gasteiger partial charge in [-0.1, -0.05) is 18.7 Å². The maximum Gasteiger partial charge on any atom is 0.307 e. The standard InChI is InChI=1S/C9H12N2O2S/c1-6-3-10-9(11-4-6)14-5-7(2)8(12)13/h3-4,7H,5H2,1-2H3,(H,12,13). The number of hydrogen-bond donors (Lipinski definition) is 1. The number of aliphatic carboxylic acids is 1. The van der Waals surface area contributed by atoms with Gasteiger partial charge in [0.05, 0.1) is 5.92 Å². The van der Waals surface area contributed by atoms with Gasteiger partial charge in [-0.05, 0) is 12.5 Å². The minimum absolute atomic E-state index is 0.370. The Bertz CT molecular complexity index is 313. The summed E-state index contributed by atoms with van der Waals surface area (Å²) in [6, 6.07) is 0. The number of carboxylic acids is 1. The highest BCUT2D eigenvalue weighted by Crippen LogP contribution is 2.15. The van der Waals surface area contributed by atoms with Gasteiger partial charge in [0.25, 0.3) is 0 Å². The van der Waals surface area contributed by atoms with E-state index in [-0.39, 0.29) is 5.92 Å². The highest BCUT2D eigenvalue weighted by molar-refractivity contribution is 7.99. The first-order valence-corrected chi connectivity index (χ1v) is 5.22. The first-order valence-electron chi connectivity index (χ1n) is 4.24. The van der Waals surface area contributed by atoms with Gasteiger partial charge in [0.2, 0.25) is 0 Å². The van der Waals surface area contributed by atoms with Gasteiger partial charge in [-0.2, -0.15) is 0 Å². The molecule has 1 atom stereocenters. The average molecular weight is 212 g/mol. The van der Waals surface area contributed by atoms with Crippen molar-refractivity contribution in [3.8, 4) is 0 Å². The van der Waals surface area contributed by atoms with E-state index in [2.05, 4.69) is 9.97 Å². The normalized spacial score (nSPS) is 12.4. The number of nitrogens with zero attached hydrogens (tertiary/aromatic N) is 2. The lowest BCUT2D eigenvalue weighted by molar-refractivity contribution is -0.140. The van der Waals surface area contributed by atoms with Crippen LogP contribution in [0.15, 0.2) is 17.6 Å². The van der Waals surface area contributed by atoms with Gasteiger partial charge in [-0.15, -0.1) is 0 Å². The molecule has 1 aromatic heterocycles. The third-order valence-electron chi connectivity index (χ3n) is 1.64. The van der Waals surface area contributed by atoms with Crippen molar-refractivity contribution in [3.63, 3.8) is 0 Å². The summed E-state index contributed by atoms with van der Waals surface area (Å²) in [6.45, 7) is 3.58. The molecule has 14 heavy (non-hydrogen) atoms. The number of hydrogen-bond acceptors (Lipinski definition) is 4. The number of rotatable bonds is 4. The predicted molar refractivity (Wildman–Crippen MR) is 54.3 cm³/mol. The lowest BCUT2D eigenvalue weighted by Crippen LogP contribution is -2.11. The summed E-state index contributed by atoms with van der Waals surface area (Å²) in [5.74, 6) is -0.659. The van der Waals surface area contributed by atoms with Crippen LogP contribution in [0.5, 0.6) is 0 Å². The van der Waals surface area contributed by atoms with E-state index < -0.39 is 5.97 Å². The molecule has 0 aromatic carbocycles. The van der Waals surface area contributed by atoms with Gasteiger partial charge in [-0.3, -0.25) is 4.79 Å². The Kier molecular flexibility index (Phi) is 3.88. The van der Waals surface area contributed by atoms with Gasteiger partial charge in [0.15, 0.2) is 5.16 Å². The molecule has 0 bridgehead atoms. The third kappa shape index (κ3) is 3.33. The first-order chi connectivity index (χ1) is 6.59. The number of aryl methyl sites for hydroxylation is 1. The summed E-state index contributed by atoms with van der Waals surface area (Å²) in [4.78, 5) is 18.7. The van der Waals surface area contributed by atoms with Crippen LogP contribution in [0.2, 0.25) is 0 Å². The van der Waals surface area contributed by atoms with Crippen molar-refractivity contribution in [2.75, 3.05) is 5.75 Å². The summed E-state index contributed by atoms with van der Waals surface area (Å²) < 4.78 is 0. The van der Waals surface area contributed by atoms with Crippen LogP contribution >= 0.6 is 11.8 Å².